The van der Waals surface area contributed by atoms with Crippen LogP contribution in [0.5, 0.6) is 5.75 Å². The number of piperazine rings is 1. The van der Waals surface area contributed by atoms with Crippen molar-refractivity contribution in [1.82, 2.24) is 15.3 Å². The van der Waals surface area contributed by atoms with Crippen LogP contribution in [0.25, 0.3) is 33.5 Å². The van der Waals surface area contributed by atoms with Crippen molar-refractivity contribution >= 4 is 27.9 Å². The molecule has 3 heterocycles. The zero-order valence-electron chi connectivity index (χ0n) is 16.1. The minimum absolute atomic E-state index is 0.0315. The van der Waals surface area contributed by atoms with E-state index in [0.29, 0.717) is 5.52 Å². The zero-order valence-corrected chi connectivity index (χ0v) is 16.1. The first-order valence-electron chi connectivity index (χ1n) is 9.55. The van der Waals surface area contributed by atoms with E-state index >= 15 is 0 Å². The molecule has 152 valence electrons. The number of aromatic nitrogens is 2. The Morgan fingerprint density at radius 2 is 1.80 bits per heavy atom. The highest BCUT2D eigenvalue weighted by Gasteiger charge is 2.22. The number of nitrogens with one attached hydrogen (secondary N) is 1. The van der Waals surface area contributed by atoms with E-state index in [9.17, 15) is 14.7 Å². The molecule has 2 N–H and O–H groups in total. The van der Waals surface area contributed by atoms with Gasteiger partial charge in [0.1, 0.15) is 17.1 Å². The van der Waals surface area contributed by atoms with Gasteiger partial charge in [-0.2, -0.15) is 0 Å². The Kier molecular flexibility index (Phi) is 4.25. The Morgan fingerprint density at radius 3 is 2.60 bits per heavy atom. The number of hydrogen-bond acceptors (Lipinski definition) is 9. The molecule has 0 spiro atoms. The number of fused-ring (bicyclic) bond motifs is 2. The van der Waals surface area contributed by atoms with Gasteiger partial charge in [0.15, 0.2) is 17.0 Å². The highest BCUT2D eigenvalue weighted by molar-refractivity contribution is 5.95. The normalized spacial score (nSPS) is 14.5. The third-order valence-electron chi connectivity index (χ3n) is 5.14. The summed E-state index contributed by atoms with van der Waals surface area (Å²) in [5, 5.41) is 14.8. The standard InChI is InChI=1S/C21H18N4O5/c1-11-2-3-12-13(10-11)23-18(24-19(12)25-8-6-22-7-9-25)16-14(26)4-5-15-17(16)30-21(28)20(27)29-15/h2-5,10,22,26H,6-9H2,1H3. The smallest absolute Gasteiger partial charge is 0.423 e. The Bertz CT molecular complexity index is 1400. The third kappa shape index (κ3) is 3.00. The van der Waals surface area contributed by atoms with Crippen molar-refractivity contribution in [3.8, 4) is 17.1 Å². The van der Waals surface area contributed by atoms with E-state index in [4.69, 9.17) is 13.8 Å². The van der Waals surface area contributed by atoms with Gasteiger partial charge in [0.25, 0.3) is 0 Å². The second-order valence-electron chi connectivity index (χ2n) is 7.19. The van der Waals surface area contributed by atoms with E-state index in [1.165, 1.54) is 12.1 Å². The third-order valence-corrected chi connectivity index (χ3v) is 5.14. The summed E-state index contributed by atoms with van der Waals surface area (Å²) in [5.41, 5.74) is -0.484. The summed E-state index contributed by atoms with van der Waals surface area (Å²) >= 11 is 0. The van der Waals surface area contributed by atoms with E-state index in [2.05, 4.69) is 15.2 Å². The number of hydrogen-bond donors (Lipinski definition) is 2. The summed E-state index contributed by atoms with van der Waals surface area (Å²) < 4.78 is 10.2. The topological polar surface area (TPSA) is 122 Å². The lowest BCUT2D eigenvalue weighted by Gasteiger charge is -2.29. The maximum absolute atomic E-state index is 11.8. The van der Waals surface area contributed by atoms with Crippen molar-refractivity contribution in [2.24, 2.45) is 0 Å². The number of anilines is 1. The number of aryl methyl sites for hydroxylation is 1. The van der Waals surface area contributed by atoms with Gasteiger partial charge in [-0.05, 0) is 36.8 Å². The molecule has 0 saturated carbocycles. The minimum Gasteiger partial charge on any atom is -0.507 e. The quantitative estimate of drug-likeness (QED) is 0.480. The lowest BCUT2D eigenvalue weighted by atomic mass is 10.1. The average Bonchev–Trinajstić information content (AvgIpc) is 2.74. The van der Waals surface area contributed by atoms with Gasteiger partial charge >= 0.3 is 11.3 Å². The Morgan fingerprint density at radius 1 is 1.03 bits per heavy atom. The molecule has 2 aromatic heterocycles. The zero-order chi connectivity index (χ0) is 20.8. The predicted octanol–water partition coefficient (Wildman–Crippen LogP) is 1.78. The summed E-state index contributed by atoms with van der Waals surface area (Å²) in [7, 11) is 0. The van der Waals surface area contributed by atoms with Crippen LogP contribution in [0.4, 0.5) is 5.82 Å². The van der Waals surface area contributed by atoms with Crippen LogP contribution in [0, 0.1) is 6.92 Å². The molecule has 5 rings (SSSR count). The first-order chi connectivity index (χ1) is 14.5. The number of nitrogens with zero attached hydrogens (tertiary/aromatic N) is 3. The van der Waals surface area contributed by atoms with Gasteiger partial charge in [0.2, 0.25) is 0 Å². The summed E-state index contributed by atoms with van der Waals surface area (Å²) in [5.74, 6) is 0.729. The van der Waals surface area contributed by atoms with E-state index in [1.807, 2.05) is 25.1 Å². The fraction of sp³-hybridized carbons (Fsp3) is 0.238. The molecule has 0 bridgehead atoms. The van der Waals surface area contributed by atoms with Crippen molar-refractivity contribution in [2.45, 2.75) is 6.92 Å². The first kappa shape index (κ1) is 18.3. The van der Waals surface area contributed by atoms with Gasteiger partial charge in [-0.1, -0.05) is 6.07 Å². The second-order valence-corrected chi connectivity index (χ2v) is 7.19. The van der Waals surface area contributed by atoms with Gasteiger partial charge in [-0.25, -0.2) is 19.6 Å². The van der Waals surface area contributed by atoms with Crippen LogP contribution in [0.1, 0.15) is 5.56 Å². The van der Waals surface area contributed by atoms with Crippen LogP contribution >= 0.6 is 0 Å². The number of phenolic OH excluding ortho intramolecular Hbond substituents is 1. The minimum atomic E-state index is -1.16. The van der Waals surface area contributed by atoms with Gasteiger partial charge < -0.3 is 24.2 Å². The molecule has 9 heteroatoms. The van der Waals surface area contributed by atoms with Crippen molar-refractivity contribution < 1.29 is 13.9 Å². The van der Waals surface area contributed by atoms with E-state index in [1.54, 1.807) is 0 Å². The number of aromatic hydroxyl groups is 1. The molecule has 30 heavy (non-hydrogen) atoms. The molecule has 0 aliphatic carbocycles. The summed E-state index contributed by atoms with van der Waals surface area (Å²) in [6, 6.07) is 8.63. The van der Waals surface area contributed by atoms with Crippen LogP contribution in [-0.4, -0.2) is 41.3 Å². The summed E-state index contributed by atoms with van der Waals surface area (Å²) in [6.07, 6.45) is 0. The van der Waals surface area contributed by atoms with E-state index in [-0.39, 0.29) is 28.3 Å². The molecular weight excluding hydrogens is 388 g/mol. The molecule has 1 aliphatic rings. The summed E-state index contributed by atoms with van der Waals surface area (Å²) in [4.78, 5) is 34.9. The van der Waals surface area contributed by atoms with Crippen molar-refractivity contribution in [2.75, 3.05) is 31.1 Å². The van der Waals surface area contributed by atoms with Gasteiger partial charge in [0, 0.05) is 31.6 Å². The largest absolute Gasteiger partial charge is 0.507 e. The molecule has 1 aliphatic heterocycles. The monoisotopic (exact) mass is 406 g/mol. The first-order valence-corrected chi connectivity index (χ1v) is 9.55. The Hall–Kier alpha value is -3.72. The molecule has 0 atom stereocenters. The maximum atomic E-state index is 11.8. The molecule has 0 unspecified atom stereocenters. The van der Waals surface area contributed by atoms with Crippen LogP contribution in [0.15, 0.2) is 48.8 Å². The second kappa shape index (κ2) is 6.96. The van der Waals surface area contributed by atoms with Gasteiger partial charge in [0.05, 0.1) is 5.52 Å². The molecule has 0 amide bonds. The van der Waals surface area contributed by atoms with Crippen LogP contribution in [0.3, 0.4) is 0 Å². The van der Waals surface area contributed by atoms with Crippen molar-refractivity contribution in [3.05, 3.63) is 56.7 Å². The molecule has 1 saturated heterocycles. The van der Waals surface area contributed by atoms with Crippen molar-refractivity contribution in [1.29, 1.82) is 0 Å². The number of benzene rings is 2. The van der Waals surface area contributed by atoms with Crippen molar-refractivity contribution in [3.63, 3.8) is 0 Å². The predicted molar refractivity (Wildman–Crippen MR) is 111 cm³/mol. The maximum Gasteiger partial charge on any atom is 0.423 e. The van der Waals surface area contributed by atoms with E-state index in [0.717, 1.165) is 42.9 Å². The number of rotatable bonds is 2. The van der Waals surface area contributed by atoms with Crippen LogP contribution in [-0.2, 0) is 0 Å². The molecule has 9 nitrogen and oxygen atoms in total. The number of phenols is 1. The van der Waals surface area contributed by atoms with Gasteiger partial charge in [-0.15, -0.1) is 0 Å². The molecule has 4 aromatic rings. The SMILES string of the molecule is Cc1ccc2c(N3CCNCC3)nc(-c3c(O)ccc4oc(=O)c(=O)oc34)nc2c1. The highest BCUT2D eigenvalue weighted by Crippen LogP contribution is 2.36. The van der Waals surface area contributed by atoms with Crippen LogP contribution in [0.2, 0.25) is 0 Å². The van der Waals surface area contributed by atoms with Gasteiger partial charge in [-0.3, -0.25) is 0 Å². The van der Waals surface area contributed by atoms with Crippen LogP contribution < -0.4 is 21.5 Å². The molecular formula is C21H18N4O5. The highest BCUT2D eigenvalue weighted by atomic mass is 16.5. The Balaban J connectivity index is 1.83. The van der Waals surface area contributed by atoms with E-state index < -0.39 is 11.3 Å². The molecule has 0 radical (unpaired) electrons. The lowest BCUT2D eigenvalue weighted by Crippen LogP contribution is -2.44. The fourth-order valence-corrected chi connectivity index (χ4v) is 3.68. The lowest BCUT2D eigenvalue weighted by molar-refractivity contribution is 0.442. The fourth-order valence-electron chi connectivity index (χ4n) is 3.68. The average molecular weight is 406 g/mol. The summed E-state index contributed by atoms with van der Waals surface area (Å²) in [6.45, 7) is 5.16. The molecule has 2 aromatic carbocycles. The molecule has 1 fully saturated rings. The Labute approximate surface area is 169 Å².